The first-order chi connectivity index (χ1) is 16.9. The number of carbonyl (C=O) groups excluding carboxylic acids is 2. The number of nitrogens with one attached hydrogen (secondary N) is 1. The van der Waals surface area contributed by atoms with Gasteiger partial charge in [-0.3, -0.25) is 9.59 Å². The maximum Gasteiger partial charge on any atom is 0.256 e. The molecule has 4 rings (SSSR count). The van der Waals surface area contributed by atoms with E-state index in [0.29, 0.717) is 28.9 Å². The van der Waals surface area contributed by atoms with Crippen LogP contribution in [0.3, 0.4) is 0 Å². The summed E-state index contributed by atoms with van der Waals surface area (Å²) in [7, 11) is 0. The first-order valence-electron chi connectivity index (χ1n) is 11.7. The van der Waals surface area contributed by atoms with E-state index < -0.39 is 0 Å². The number of rotatable bonds is 6. The Morgan fingerprint density at radius 1 is 1.00 bits per heavy atom. The third-order valence-electron chi connectivity index (χ3n) is 6.36. The number of benzene rings is 3. The molecule has 0 aromatic heterocycles. The van der Waals surface area contributed by atoms with E-state index in [1.54, 1.807) is 30.3 Å². The summed E-state index contributed by atoms with van der Waals surface area (Å²) in [5.41, 5.74) is 9.33. The van der Waals surface area contributed by atoms with Crippen molar-refractivity contribution >= 4 is 33.4 Å². The molecule has 0 unspecified atom stereocenters. The van der Waals surface area contributed by atoms with E-state index in [4.69, 9.17) is 11.0 Å². The molecule has 0 saturated heterocycles. The lowest BCUT2D eigenvalue weighted by atomic mass is 9.90. The minimum atomic E-state index is -0.207. The maximum atomic E-state index is 13.6. The molecule has 0 aliphatic heterocycles. The van der Waals surface area contributed by atoms with Crippen molar-refractivity contribution in [3.63, 3.8) is 0 Å². The van der Waals surface area contributed by atoms with Gasteiger partial charge in [-0.1, -0.05) is 24.3 Å². The molecule has 0 bridgehead atoms. The van der Waals surface area contributed by atoms with Gasteiger partial charge >= 0.3 is 0 Å². The Bertz CT molecular complexity index is 1240. The summed E-state index contributed by atoms with van der Waals surface area (Å²) in [5.74, 6) is -0.279. The molecule has 0 atom stereocenters. The number of carbonyl (C=O) groups is 2. The van der Waals surface area contributed by atoms with Crippen molar-refractivity contribution in [1.82, 2.24) is 4.90 Å². The minimum absolute atomic E-state index is 0.0717. The number of hydrogen-bond acceptors (Lipinski definition) is 4. The topological polar surface area (TPSA) is 99.2 Å². The van der Waals surface area contributed by atoms with E-state index in [0.717, 1.165) is 35.7 Å². The van der Waals surface area contributed by atoms with Crippen LogP contribution in [0.1, 0.15) is 57.5 Å². The molecule has 2 amide bonds. The molecule has 3 aromatic carbocycles. The highest BCUT2D eigenvalue weighted by Crippen LogP contribution is 2.26. The number of anilines is 1. The molecule has 3 aromatic rings. The molecule has 178 valence electrons. The quantitative estimate of drug-likeness (QED) is 0.440. The van der Waals surface area contributed by atoms with Crippen molar-refractivity contribution in [3.8, 4) is 6.07 Å². The van der Waals surface area contributed by atoms with Crippen LogP contribution in [-0.2, 0) is 6.54 Å². The van der Waals surface area contributed by atoms with Crippen LogP contribution in [0.2, 0.25) is 0 Å². The summed E-state index contributed by atoms with van der Waals surface area (Å²) in [6, 6.07) is 23.9. The van der Waals surface area contributed by atoms with Gasteiger partial charge in [0.1, 0.15) is 0 Å². The molecule has 0 radical (unpaired) electrons. The summed E-state index contributed by atoms with van der Waals surface area (Å²) in [6.07, 6.45) is 3.46. The van der Waals surface area contributed by atoms with Gasteiger partial charge in [0.25, 0.3) is 11.8 Å². The van der Waals surface area contributed by atoms with E-state index in [2.05, 4.69) is 27.3 Å². The molecule has 1 fully saturated rings. The molecular formula is C28H27BrN4O2. The second kappa shape index (κ2) is 11.3. The summed E-state index contributed by atoms with van der Waals surface area (Å²) >= 11 is 3.42. The first-order valence-corrected chi connectivity index (χ1v) is 12.5. The third kappa shape index (κ3) is 6.16. The molecule has 35 heavy (non-hydrogen) atoms. The van der Waals surface area contributed by atoms with Crippen LogP contribution in [0.4, 0.5) is 5.69 Å². The van der Waals surface area contributed by atoms with Gasteiger partial charge in [-0.05, 0) is 95.7 Å². The Kier molecular flexibility index (Phi) is 7.96. The van der Waals surface area contributed by atoms with E-state index in [-0.39, 0.29) is 23.9 Å². The van der Waals surface area contributed by atoms with Crippen molar-refractivity contribution in [3.05, 3.63) is 99.5 Å². The van der Waals surface area contributed by atoms with Gasteiger partial charge < -0.3 is 16.0 Å². The number of hydrogen-bond donors (Lipinski definition) is 2. The predicted octanol–water partition coefficient (Wildman–Crippen LogP) is 5.49. The lowest BCUT2D eigenvalue weighted by Gasteiger charge is -2.36. The number of halogens is 1. The summed E-state index contributed by atoms with van der Waals surface area (Å²) in [6.45, 7) is 0.414. The van der Waals surface area contributed by atoms with Gasteiger partial charge in [0.05, 0.1) is 17.2 Å². The number of nitrogens with zero attached hydrogens (tertiary/aromatic N) is 2. The molecule has 0 spiro atoms. The fraction of sp³-hybridized carbons (Fsp3) is 0.250. The lowest BCUT2D eigenvalue weighted by molar-refractivity contribution is 0.0606. The molecule has 6 nitrogen and oxygen atoms in total. The standard InChI is InChI=1S/C28H27BrN4O2/c29-26-7-2-1-6-25(26)27(34)32-23-5-3-4-20(16-23)18-33(24-14-12-22(31)13-15-24)28(35)21-10-8-19(17-30)9-11-21/h1-11,16,22,24H,12-15,18,31H2,(H,32,34). The Morgan fingerprint density at radius 3 is 2.40 bits per heavy atom. The first kappa shape index (κ1) is 24.6. The van der Waals surface area contributed by atoms with Crippen LogP contribution in [0.25, 0.3) is 0 Å². The highest BCUT2D eigenvalue weighted by atomic mass is 79.9. The Balaban J connectivity index is 1.55. The van der Waals surface area contributed by atoms with Crippen molar-refractivity contribution < 1.29 is 9.59 Å². The summed E-state index contributed by atoms with van der Waals surface area (Å²) < 4.78 is 0.725. The van der Waals surface area contributed by atoms with Gasteiger partial charge in [0, 0.05) is 34.4 Å². The second-order valence-electron chi connectivity index (χ2n) is 8.83. The molecule has 3 N–H and O–H groups in total. The van der Waals surface area contributed by atoms with Crippen LogP contribution >= 0.6 is 15.9 Å². The van der Waals surface area contributed by atoms with Crippen molar-refractivity contribution in [2.45, 2.75) is 44.3 Å². The zero-order chi connectivity index (χ0) is 24.8. The molecule has 0 heterocycles. The van der Waals surface area contributed by atoms with Crippen molar-refractivity contribution in [2.24, 2.45) is 5.73 Å². The molecule has 7 heteroatoms. The smallest absolute Gasteiger partial charge is 0.256 e. The van der Waals surface area contributed by atoms with Crippen LogP contribution < -0.4 is 11.1 Å². The normalized spacial score (nSPS) is 17.3. The summed E-state index contributed by atoms with van der Waals surface area (Å²) in [5, 5.41) is 12.0. The minimum Gasteiger partial charge on any atom is -0.331 e. The van der Waals surface area contributed by atoms with Crippen molar-refractivity contribution in [1.29, 1.82) is 5.26 Å². The van der Waals surface area contributed by atoms with E-state index >= 15 is 0 Å². The van der Waals surface area contributed by atoms with Gasteiger partial charge in [-0.2, -0.15) is 5.26 Å². The average molecular weight is 531 g/mol. The zero-order valence-corrected chi connectivity index (χ0v) is 20.9. The fourth-order valence-electron chi connectivity index (χ4n) is 4.42. The van der Waals surface area contributed by atoms with Gasteiger partial charge in [0.15, 0.2) is 0 Å². The van der Waals surface area contributed by atoms with E-state index in [1.165, 1.54) is 0 Å². The van der Waals surface area contributed by atoms with E-state index in [1.807, 2.05) is 47.4 Å². The number of nitrogens with two attached hydrogens (primary N) is 1. The fourth-order valence-corrected chi connectivity index (χ4v) is 4.89. The van der Waals surface area contributed by atoms with Crippen LogP contribution in [0, 0.1) is 11.3 Å². The number of amides is 2. The van der Waals surface area contributed by atoms with Crippen molar-refractivity contribution in [2.75, 3.05) is 5.32 Å². The van der Waals surface area contributed by atoms with Gasteiger partial charge in [-0.25, -0.2) is 0 Å². The van der Waals surface area contributed by atoms with Crippen LogP contribution in [-0.4, -0.2) is 28.8 Å². The second-order valence-corrected chi connectivity index (χ2v) is 9.68. The Labute approximate surface area is 213 Å². The predicted molar refractivity (Wildman–Crippen MR) is 140 cm³/mol. The highest BCUT2D eigenvalue weighted by molar-refractivity contribution is 9.10. The molecule has 1 aliphatic carbocycles. The number of nitriles is 1. The maximum absolute atomic E-state index is 13.6. The molecular weight excluding hydrogens is 504 g/mol. The SMILES string of the molecule is N#Cc1ccc(C(=O)N(Cc2cccc(NC(=O)c3ccccc3Br)c2)C2CCC(N)CC2)cc1. The monoisotopic (exact) mass is 530 g/mol. The third-order valence-corrected chi connectivity index (χ3v) is 7.05. The molecule has 1 saturated carbocycles. The van der Waals surface area contributed by atoms with Crippen LogP contribution in [0.5, 0.6) is 0 Å². The van der Waals surface area contributed by atoms with Gasteiger partial charge in [-0.15, -0.1) is 0 Å². The molecule has 1 aliphatic rings. The Hall–Kier alpha value is -3.47. The highest BCUT2D eigenvalue weighted by Gasteiger charge is 2.28. The zero-order valence-electron chi connectivity index (χ0n) is 19.3. The van der Waals surface area contributed by atoms with E-state index in [9.17, 15) is 9.59 Å². The summed E-state index contributed by atoms with van der Waals surface area (Å²) in [4.78, 5) is 28.2. The Morgan fingerprint density at radius 2 is 1.71 bits per heavy atom. The van der Waals surface area contributed by atoms with Gasteiger partial charge in [0.2, 0.25) is 0 Å². The lowest BCUT2D eigenvalue weighted by Crippen LogP contribution is -2.43. The largest absolute Gasteiger partial charge is 0.331 e. The van der Waals surface area contributed by atoms with Crippen LogP contribution in [0.15, 0.2) is 77.3 Å². The average Bonchev–Trinajstić information content (AvgIpc) is 2.88.